The number of hydrogen-bond donors (Lipinski definition) is 2. The van der Waals surface area contributed by atoms with Gasteiger partial charge in [0, 0.05) is 12.2 Å². The van der Waals surface area contributed by atoms with E-state index in [0.717, 1.165) is 17.7 Å². The predicted molar refractivity (Wildman–Crippen MR) is 96.3 cm³/mol. The van der Waals surface area contributed by atoms with Crippen molar-refractivity contribution in [2.75, 3.05) is 11.9 Å². The summed E-state index contributed by atoms with van der Waals surface area (Å²) in [7, 11) is 0. The van der Waals surface area contributed by atoms with Gasteiger partial charge in [0.15, 0.2) is 0 Å². The summed E-state index contributed by atoms with van der Waals surface area (Å²) in [4.78, 5) is 13.2. The molecule has 2 aromatic carbocycles. The van der Waals surface area contributed by atoms with Crippen molar-refractivity contribution in [1.82, 2.24) is 4.90 Å². The number of anilines is 1. The summed E-state index contributed by atoms with van der Waals surface area (Å²) in [5, 5.41) is 13.0. The highest BCUT2D eigenvalue weighted by Gasteiger charge is 2.36. The normalized spacial score (nSPS) is 19.1. The van der Waals surface area contributed by atoms with Crippen LogP contribution in [-0.2, 0) is 11.0 Å². The second kappa shape index (κ2) is 7.50. The molecule has 144 valence electrons. The Morgan fingerprint density at radius 3 is 2.67 bits per heavy atom. The largest absolute Gasteiger partial charge is 0.508 e. The van der Waals surface area contributed by atoms with E-state index in [0.29, 0.717) is 37.0 Å². The number of phenols is 1. The van der Waals surface area contributed by atoms with E-state index in [-0.39, 0.29) is 11.8 Å². The summed E-state index contributed by atoms with van der Waals surface area (Å²) in [6.07, 6.45) is -2.63. The fourth-order valence-corrected chi connectivity index (χ4v) is 3.56. The lowest BCUT2D eigenvalue weighted by Crippen LogP contribution is -2.34. The van der Waals surface area contributed by atoms with Gasteiger partial charge in [-0.25, -0.2) is 0 Å². The third-order valence-electron chi connectivity index (χ3n) is 4.82. The maximum absolute atomic E-state index is 13.2. The molecule has 7 heteroatoms. The Hall–Kier alpha value is -2.70. The Balaban J connectivity index is 2.05. The van der Waals surface area contributed by atoms with Crippen molar-refractivity contribution < 1.29 is 23.1 Å². The zero-order valence-corrected chi connectivity index (χ0v) is 14.8. The number of fused-ring (bicyclic) bond motifs is 1. The lowest BCUT2D eigenvalue weighted by molar-refractivity contribution is -0.137. The van der Waals surface area contributed by atoms with Crippen molar-refractivity contribution >= 4 is 12.1 Å². The van der Waals surface area contributed by atoms with E-state index in [1.807, 2.05) is 13.0 Å². The van der Waals surface area contributed by atoms with Gasteiger partial charge >= 0.3 is 6.18 Å². The van der Waals surface area contributed by atoms with Gasteiger partial charge in [-0.1, -0.05) is 19.1 Å². The van der Waals surface area contributed by atoms with E-state index in [2.05, 4.69) is 5.32 Å². The lowest BCUT2D eigenvalue weighted by atomic mass is 9.87. The third-order valence-corrected chi connectivity index (χ3v) is 4.82. The first kappa shape index (κ1) is 19.1. The predicted octanol–water partition coefficient (Wildman–Crippen LogP) is 4.88. The summed E-state index contributed by atoms with van der Waals surface area (Å²) >= 11 is 0. The van der Waals surface area contributed by atoms with Crippen LogP contribution in [0.1, 0.15) is 48.5 Å². The molecule has 0 saturated carbocycles. The van der Waals surface area contributed by atoms with Crippen molar-refractivity contribution in [3.05, 3.63) is 59.2 Å². The van der Waals surface area contributed by atoms with Gasteiger partial charge in [0.05, 0.1) is 17.6 Å². The van der Waals surface area contributed by atoms with Crippen molar-refractivity contribution in [2.45, 2.75) is 38.0 Å². The van der Waals surface area contributed by atoms with Crippen LogP contribution in [0, 0.1) is 0 Å². The van der Waals surface area contributed by atoms with Crippen LogP contribution in [0.25, 0.3) is 0 Å². The first-order valence-electron chi connectivity index (χ1n) is 8.81. The summed E-state index contributed by atoms with van der Waals surface area (Å²) in [6, 6.07) is 9.60. The van der Waals surface area contributed by atoms with Crippen LogP contribution in [0.5, 0.6) is 5.75 Å². The highest BCUT2D eigenvalue weighted by molar-refractivity contribution is 5.61. The van der Waals surface area contributed by atoms with Gasteiger partial charge in [0.25, 0.3) is 0 Å². The molecule has 1 amide bonds. The minimum absolute atomic E-state index is 0.116. The molecular formula is C20H21F3N2O2. The average Bonchev–Trinajstić information content (AvgIpc) is 2.64. The number of hydrogen-bond acceptors (Lipinski definition) is 3. The van der Waals surface area contributed by atoms with Gasteiger partial charge in [0.2, 0.25) is 6.41 Å². The number of nitrogens with one attached hydrogen (secondary N) is 1. The summed E-state index contributed by atoms with van der Waals surface area (Å²) in [5.41, 5.74) is 1.11. The van der Waals surface area contributed by atoms with E-state index in [9.17, 15) is 23.1 Å². The van der Waals surface area contributed by atoms with Gasteiger partial charge in [-0.3, -0.25) is 4.79 Å². The van der Waals surface area contributed by atoms with Crippen LogP contribution in [0.2, 0.25) is 0 Å². The Morgan fingerprint density at radius 1 is 1.26 bits per heavy atom. The minimum atomic E-state index is -4.45. The molecule has 0 radical (unpaired) electrons. The molecule has 1 heterocycles. The van der Waals surface area contributed by atoms with E-state index in [1.54, 1.807) is 23.1 Å². The maximum atomic E-state index is 13.2. The standard InChI is InChI=1S/C20H21F3N2O2/c1-2-8-25(12-26)19-11-18(13-4-3-5-15(27)9-13)24-17-7-6-14(10-16(17)19)20(21,22)23/h3-7,9-10,12,18-19,24,27H,2,8,11H2,1H3. The van der Waals surface area contributed by atoms with Crippen LogP contribution >= 0.6 is 0 Å². The third kappa shape index (κ3) is 4.02. The molecule has 0 saturated heterocycles. The summed E-state index contributed by atoms with van der Waals surface area (Å²) in [6.45, 7) is 2.37. The Morgan fingerprint density at radius 2 is 2.04 bits per heavy atom. The first-order chi connectivity index (χ1) is 12.8. The van der Waals surface area contributed by atoms with Gasteiger partial charge in [0.1, 0.15) is 5.75 Å². The van der Waals surface area contributed by atoms with Gasteiger partial charge in [-0.05, 0) is 54.3 Å². The topological polar surface area (TPSA) is 52.6 Å². The molecule has 1 aliphatic rings. The van der Waals surface area contributed by atoms with Crippen molar-refractivity contribution in [3.8, 4) is 5.75 Å². The summed E-state index contributed by atoms with van der Waals surface area (Å²) in [5.74, 6) is 0.116. The molecule has 2 aromatic rings. The number of rotatable bonds is 5. The molecule has 0 spiro atoms. The highest BCUT2D eigenvalue weighted by atomic mass is 19.4. The molecule has 1 aliphatic heterocycles. The van der Waals surface area contributed by atoms with E-state index < -0.39 is 17.8 Å². The number of alkyl halides is 3. The number of phenolic OH excluding ortho intramolecular Hbond substituents is 1. The molecule has 0 aliphatic carbocycles. The lowest BCUT2D eigenvalue weighted by Gasteiger charge is -2.38. The number of benzene rings is 2. The second-order valence-electron chi connectivity index (χ2n) is 6.69. The smallest absolute Gasteiger partial charge is 0.416 e. The number of carbonyl (C=O) groups excluding carboxylic acids is 1. The average molecular weight is 378 g/mol. The van der Waals surface area contributed by atoms with Crippen LogP contribution in [0.4, 0.5) is 18.9 Å². The van der Waals surface area contributed by atoms with E-state index >= 15 is 0 Å². The van der Waals surface area contributed by atoms with Crippen LogP contribution in [0.15, 0.2) is 42.5 Å². The molecule has 2 unspecified atom stereocenters. The van der Waals surface area contributed by atoms with E-state index in [1.165, 1.54) is 6.07 Å². The fraction of sp³-hybridized carbons (Fsp3) is 0.350. The summed E-state index contributed by atoms with van der Waals surface area (Å²) < 4.78 is 39.5. The molecule has 27 heavy (non-hydrogen) atoms. The Labute approximate surface area is 155 Å². The SMILES string of the molecule is CCCN(C=O)C1CC(c2cccc(O)c2)Nc2ccc(C(F)(F)F)cc21. The molecule has 0 bridgehead atoms. The molecule has 0 fully saturated rings. The molecular weight excluding hydrogens is 357 g/mol. The van der Waals surface area contributed by atoms with Crippen molar-refractivity contribution in [3.63, 3.8) is 0 Å². The van der Waals surface area contributed by atoms with Crippen molar-refractivity contribution in [2.24, 2.45) is 0 Å². The minimum Gasteiger partial charge on any atom is -0.508 e. The molecule has 3 rings (SSSR count). The van der Waals surface area contributed by atoms with Crippen molar-refractivity contribution in [1.29, 1.82) is 0 Å². The molecule has 2 atom stereocenters. The van der Waals surface area contributed by atoms with Gasteiger partial charge < -0.3 is 15.3 Å². The first-order valence-corrected chi connectivity index (χ1v) is 8.81. The molecule has 0 aromatic heterocycles. The van der Waals surface area contributed by atoms with Crippen LogP contribution in [-0.4, -0.2) is 23.0 Å². The molecule has 2 N–H and O–H groups in total. The highest BCUT2D eigenvalue weighted by Crippen LogP contribution is 2.44. The Bertz CT molecular complexity index is 823. The number of nitrogens with zero attached hydrogens (tertiary/aromatic N) is 1. The second-order valence-corrected chi connectivity index (χ2v) is 6.69. The quantitative estimate of drug-likeness (QED) is 0.730. The number of halogens is 3. The van der Waals surface area contributed by atoms with Crippen LogP contribution in [0.3, 0.4) is 0 Å². The van der Waals surface area contributed by atoms with Gasteiger partial charge in [-0.15, -0.1) is 0 Å². The maximum Gasteiger partial charge on any atom is 0.416 e. The number of aromatic hydroxyl groups is 1. The fourth-order valence-electron chi connectivity index (χ4n) is 3.56. The number of carbonyl (C=O) groups is 1. The Kier molecular flexibility index (Phi) is 5.30. The number of amides is 1. The monoisotopic (exact) mass is 378 g/mol. The zero-order valence-electron chi connectivity index (χ0n) is 14.8. The zero-order chi connectivity index (χ0) is 19.6. The van der Waals surface area contributed by atoms with E-state index in [4.69, 9.17) is 0 Å². The van der Waals surface area contributed by atoms with Crippen LogP contribution < -0.4 is 5.32 Å². The molecule has 4 nitrogen and oxygen atoms in total. The van der Waals surface area contributed by atoms with Gasteiger partial charge in [-0.2, -0.15) is 13.2 Å².